The molecule has 0 aromatic heterocycles. The molecule has 4 saturated carbocycles. The lowest BCUT2D eigenvalue weighted by molar-refractivity contribution is -0.138. The monoisotopic (exact) mass is 378 g/mol. The molecule has 0 spiro atoms. The Bertz CT molecular complexity index is 828. The third kappa shape index (κ3) is 2.89. The molecule has 0 atom stereocenters. The third-order valence-corrected chi connectivity index (χ3v) is 7.95. The van der Waals surface area contributed by atoms with E-state index >= 15 is 0 Å². The SMILES string of the molecule is CNc1cc2c(cc1C)CC(C)(C)NC2=CC(=O)C12CC3CC(CC(C3)C1)C2. The van der Waals surface area contributed by atoms with Crippen molar-refractivity contribution in [2.45, 2.75) is 71.3 Å². The summed E-state index contributed by atoms with van der Waals surface area (Å²) >= 11 is 0. The summed E-state index contributed by atoms with van der Waals surface area (Å²) in [5.74, 6) is 2.80. The lowest BCUT2D eigenvalue weighted by Crippen LogP contribution is -2.50. The molecule has 0 saturated heterocycles. The molecule has 0 unspecified atom stereocenters. The Balaban J connectivity index is 1.54. The van der Waals surface area contributed by atoms with Crippen molar-refractivity contribution in [2.75, 3.05) is 12.4 Å². The van der Waals surface area contributed by atoms with Gasteiger partial charge in [-0.25, -0.2) is 0 Å². The molecule has 150 valence electrons. The number of benzene rings is 1. The van der Waals surface area contributed by atoms with Gasteiger partial charge in [0.05, 0.1) is 0 Å². The standard InChI is InChI=1S/C25H34N2O/c1-15-5-19-14-24(2,3)27-22(20(19)9-21(15)26-4)10-23(28)25-11-16-6-17(12-25)8-18(7-16)13-25/h5,9-10,16-18,26-27H,6-8,11-14H2,1-4H3. The van der Waals surface area contributed by atoms with Crippen LogP contribution in [-0.4, -0.2) is 18.4 Å². The Morgan fingerprint density at radius 3 is 2.29 bits per heavy atom. The second-order valence-corrected chi connectivity index (χ2v) is 10.9. The van der Waals surface area contributed by atoms with Crippen LogP contribution in [0.1, 0.15) is 69.1 Å². The van der Waals surface area contributed by atoms with E-state index in [0.717, 1.165) is 54.8 Å². The first kappa shape index (κ1) is 18.3. The fraction of sp³-hybridized carbons (Fsp3) is 0.640. The number of fused-ring (bicyclic) bond motifs is 1. The Kier molecular flexibility index (Phi) is 3.99. The minimum absolute atomic E-state index is 0.0335. The van der Waals surface area contributed by atoms with Gasteiger partial charge in [0.1, 0.15) is 0 Å². The van der Waals surface area contributed by atoms with Gasteiger partial charge >= 0.3 is 0 Å². The smallest absolute Gasteiger partial charge is 0.163 e. The van der Waals surface area contributed by atoms with Crippen LogP contribution in [0.5, 0.6) is 0 Å². The molecule has 1 aliphatic heterocycles. The maximum Gasteiger partial charge on any atom is 0.163 e. The molecule has 4 bridgehead atoms. The fourth-order valence-corrected chi connectivity index (χ4v) is 7.20. The number of hydrogen-bond acceptors (Lipinski definition) is 3. The summed E-state index contributed by atoms with van der Waals surface area (Å²) in [6, 6.07) is 4.53. The maximum absolute atomic E-state index is 13.7. The molecule has 5 aliphatic rings. The first-order valence-corrected chi connectivity index (χ1v) is 11.1. The van der Waals surface area contributed by atoms with Crippen molar-refractivity contribution in [2.24, 2.45) is 23.2 Å². The zero-order valence-electron chi connectivity index (χ0n) is 17.8. The Labute approximate surface area is 169 Å². The van der Waals surface area contributed by atoms with Crippen molar-refractivity contribution < 1.29 is 4.79 Å². The van der Waals surface area contributed by atoms with E-state index in [-0.39, 0.29) is 11.0 Å². The van der Waals surface area contributed by atoms with Gasteiger partial charge in [0.2, 0.25) is 0 Å². The minimum atomic E-state index is -0.0677. The first-order chi connectivity index (χ1) is 13.3. The number of carbonyl (C=O) groups is 1. The zero-order chi connectivity index (χ0) is 19.7. The van der Waals surface area contributed by atoms with E-state index in [1.54, 1.807) is 0 Å². The highest BCUT2D eigenvalue weighted by atomic mass is 16.1. The predicted molar refractivity (Wildman–Crippen MR) is 115 cm³/mol. The van der Waals surface area contributed by atoms with Crippen LogP contribution in [0.25, 0.3) is 5.70 Å². The van der Waals surface area contributed by atoms with E-state index in [1.165, 1.54) is 36.0 Å². The largest absolute Gasteiger partial charge is 0.388 e. The van der Waals surface area contributed by atoms with Crippen molar-refractivity contribution in [3.05, 3.63) is 34.9 Å². The van der Waals surface area contributed by atoms with Gasteiger partial charge in [0.15, 0.2) is 5.78 Å². The van der Waals surface area contributed by atoms with Gasteiger partial charge < -0.3 is 10.6 Å². The molecule has 4 fully saturated rings. The van der Waals surface area contributed by atoms with Gasteiger partial charge in [-0.05, 0) is 101 Å². The Hall–Kier alpha value is -1.77. The van der Waals surface area contributed by atoms with Crippen LogP contribution in [0.15, 0.2) is 18.2 Å². The Morgan fingerprint density at radius 2 is 1.71 bits per heavy atom. The fourth-order valence-electron chi connectivity index (χ4n) is 7.20. The highest BCUT2D eigenvalue weighted by Crippen LogP contribution is 2.60. The van der Waals surface area contributed by atoms with E-state index in [4.69, 9.17) is 0 Å². The molecular formula is C25H34N2O. The summed E-state index contributed by atoms with van der Waals surface area (Å²) in [4.78, 5) is 13.7. The highest BCUT2D eigenvalue weighted by Gasteiger charge is 2.54. The number of nitrogens with one attached hydrogen (secondary N) is 2. The molecule has 1 aromatic carbocycles. The average molecular weight is 379 g/mol. The Morgan fingerprint density at radius 1 is 1.11 bits per heavy atom. The quantitative estimate of drug-likeness (QED) is 0.720. The van der Waals surface area contributed by atoms with Crippen LogP contribution in [0.3, 0.4) is 0 Å². The number of rotatable bonds is 3. The van der Waals surface area contributed by atoms with Gasteiger partial charge in [-0.3, -0.25) is 4.79 Å². The van der Waals surface area contributed by atoms with Crippen molar-refractivity contribution in [1.29, 1.82) is 0 Å². The molecule has 3 heteroatoms. The molecule has 1 heterocycles. The van der Waals surface area contributed by atoms with Crippen LogP contribution in [0.4, 0.5) is 5.69 Å². The topological polar surface area (TPSA) is 41.1 Å². The molecule has 28 heavy (non-hydrogen) atoms. The molecule has 2 N–H and O–H groups in total. The van der Waals surface area contributed by atoms with Crippen LogP contribution < -0.4 is 10.6 Å². The number of hydrogen-bond donors (Lipinski definition) is 2. The molecule has 6 rings (SSSR count). The van der Waals surface area contributed by atoms with E-state index in [2.05, 4.69) is 43.5 Å². The second-order valence-electron chi connectivity index (χ2n) is 10.9. The minimum Gasteiger partial charge on any atom is -0.388 e. The van der Waals surface area contributed by atoms with Gasteiger partial charge in [-0.2, -0.15) is 0 Å². The van der Waals surface area contributed by atoms with Gasteiger partial charge in [0, 0.05) is 41.0 Å². The second kappa shape index (κ2) is 6.11. The first-order valence-electron chi connectivity index (χ1n) is 11.1. The molecular weight excluding hydrogens is 344 g/mol. The van der Waals surface area contributed by atoms with Gasteiger partial charge in [0.25, 0.3) is 0 Å². The lowest BCUT2D eigenvalue weighted by Gasteiger charge is -2.55. The third-order valence-electron chi connectivity index (χ3n) is 7.95. The van der Waals surface area contributed by atoms with Crippen molar-refractivity contribution in [3.8, 4) is 0 Å². The normalized spacial score (nSPS) is 36.1. The van der Waals surface area contributed by atoms with Crippen LogP contribution >= 0.6 is 0 Å². The summed E-state index contributed by atoms with van der Waals surface area (Å²) < 4.78 is 0. The summed E-state index contributed by atoms with van der Waals surface area (Å²) in [7, 11) is 1.97. The van der Waals surface area contributed by atoms with Crippen molar-refractivity contribution >= 4 is 17.2 Å². The van der Waals surface area contributed by atoms with E-state index < -0.39 is 0 Å². The predicted octanol–water partition coefficient (Wildman–Crippen LogP) is 5.09. The molecule has 0 amide bonds. The number of carbonyl (C=O) groups excluding carboxylic acids is 1. The molecule has 4 aliphatic carbocycles. The molecule has 1 aromatic rings. The maximum atomic E-state index is 13.7. The number of anilines is 1. The zero-order valence-corrected chi connectivity index (χ0v) is 17.8. The summed E-state index contributed by atoms with van der Waals surface area (Å²) in [6.07, 6.45) is 10.5. The van der Waals surface area contributed by atoms with E-state index in [1.807, 2.05) is 13.1 Å². The summed E-state index contributed by atoms with van der Waals surface area (Å²) in [5.41, 5.74) is 5.90. The number of aryl methyl sites for hydroxylation is 1. The molecule has 3 nitrogen and oxygen atoms in total. The van der Waals surface area contributed by atoms with E-state index in [0.29, 0.717) is 5.78 Å². The highest BCUT2D eigenvalue weighted by molar-refractivity contribution is 6.01. The van der Waals surface area contributed by atoms with Crippen LogP contribution in [0, 0.1) is 30.1 Å². The van der Waals surface area contributed by atoms with E-state index in [9.17, 15) is 4.79 Å². The lowest BCUT2D eigenvalue weighted by atomic mass is 9.48. The van der Waals surface area contributed by atoms with Gasteiger partial charge in [-0.15, -0.1) is 0 Å². The van der Waals surface area contributed by atoms with Crippen molar-refractivity contribution in [3.63, 3.8) is 0 Å². The number of ketones is 1. The average Bonchev–Trinajstić information content (AvgIpc) is 2.59. The van der Waals surface area contributed by atoms with Crippen LogP contribution in [0.2, 0.25) is 0 Å². The van der Waals surface area contributed by atoms with Crippen LogP contribution in [-0.2, 0) is 11.2 Å². The molecule has 0 radical (unpaired) electrons. The van der Waals surface area contributed by atoms with Crippen molar-refractivity contribution in [1.82, 2.24) is 5.32 Å². The summed E-state index contributed by atoms with van der Waals surface area (Å²) in [5, 5.41) is 7.00. The number of allylic oxidation sites excluding steroid dienone is 1. The summed E-state index contributed by atoms with van der Waals surface area (Å²) in [6.45, 7) is 6.63. The van der Waals surface area contributed by atoms with Gasteiger partial charge in [-0.1, -0.05) is 6.07 Å².